The Balaban J connectivity index is 2.04. The van der Waals surface area contributed by atoms with Gasteiger partial charge < -0.3 is 14.2 Å². The van der Waals surface area contributed by atoms with Crippen LogP contribution in [0.5, 0.6) is 5.75 Å². The van der Waals surface area contributed by atoms with Crippen LogP contribution >= 0.6 is 0 Å². The van der Waals surface area contributed by atoms with Crippen LogP contribution < -0.4 is 4.74 Å². The first-order chi connectivity index (χ1) is 7.22. The predicted molar refractivity (Wildman–Crippen MR) is 57.0 cm³/mol. The molecule has 1 aromatic rings. The van der Waals surface area contributed by atoms with Crippen molar-refractivity contribution in [1.29, 1.82) is 0 Å². The summed E-state index contributed by atoms with van der Waals surface area (Å²) >= 11 is 0. The molecule has 3 nitrogen and oxygen atoms in total. The Morgan fingerprint density at radius 2 is 1.80 bits per heavy atom. The minimum atomic E-state index is -0.450. The van der Waals surface area contributed by atoms with Crippen molar-refractivity contribution in [3.63, 3.8) is 0 Å². The molecule has 0 amide bonds. The molecule has 1 heterocycles. The van der Waals surface area contributed by atoms with Gasteiger partial charge in [-0.1, -0.05) is 12.1 Å². The summed E-state index contributed by atoms with van der Waals surface area (Å²) in [5.41, 5.74) is 1.19. The summed E-state index contributed by atoms with van der Waals surface area (Å²) in [4.78, 5) is 0. The second-order valence-electron chi connectivity index (χ2n) is 3.86. The summed E-state index contributed by atoms with van der Waals surface area (Å²) in [6.45, 7) is 3.35. The number of rotatable bonds is 3. The van der Waals surface area contributed by atoms with E-state index in [-0.39, 0.29) is 0 Å². The molecule has 0 radical (unpaired) electrons. The van der Waals surface area contributed by atoms with E-state index in [0.717, 1.165) is 12.2 Å². The van der Waals surface area contributed by atoms with Crippen LogP contribution in [-0.4, -0.2) is 26.1 Å². The highest BCUT2D eigenvalue weighted by atomic mass is 16.7. The van der Waals surface area contributed by atoms with Crippen LogP contribution in [0.15, 0.2) is 24.3 Å². The van der Waals surface area contributed by atoms with Gasteiger partial charge in [-0.15, -0.1) is 0 Å². The summed E-state index contributed by atoms with van der Waals surface area (Å²) in [7, 11) is 1.67. The Morgan fingerprint density at radius 1 is 1.20 bits per heavy atom. The first-order valence-corrected chi connectivity index (χ1v) is 5.13. The molecule has 1 aliphatic rings. The first kappa shape index (κ1) is 10.5. The van der Waals surface area contributed by atoms with Crippen molar-refractivity contribution in [2.75, 3.05) is 20.3 Å². The molecule has 0 spiro atoms. The lowest BCUT2D eigenvalue weighted by molar-refractivity contribution is -0.140. The molecule has 1 aromatic carbocycles. The molecule has 15 heavy (non-hydrogen) atoms. The second kappa shape index (κ2) is 4.21. The van der Waals surface area contributed by atoms with E-state index in [1.54, 1.807) is 7.11 Å². The molecule has 1 aliphatic heterocycles. The van der Waals surface area contributed by atoms with Crippen LogP contribution in [0, 0.1) is 0 Å². The van der Waals surface area contributed by atoms with E-state index >= 15 is 0 Å². The lowest BCUT2D eigenvalue weighted by Crippen LogP contribution is -2.28. The summed E-state index contributed by atoms with van der Waals surface area (Å²) < 4.78 is 16.2. The zero-order valence-corrected chi connectivity index (χ0v) is 9.16. The third kappa shape index (κ3) is 2.49. The summed E-state index contributed by atoms with van der Waals surface area (Å²) in [5.74, 6) is 0.423. The van der Waals surface area contributed by atoms with Gasteiger partial charge in [0.25, 0.3) is 0 Å². The standard InChI is InChI=1S/C12H16O3/c1-12(14-7-8-15-12)9-10-3-5-11(13-2)6-4-10/h3-6H,7-9H2,1-2H3. The summed E-state index contributed by atoms with van der Waals surface area (Å²) in [5, 5.41) is 0. The molecular formula is C12H16O3. The largest absolute Gasteiger partial charge is 0.497 e. The average molecular weight is 208 g/mol. The van der Waals surface area contributed by atoms with Crippen molar-refractivity contribution in [3.8, 4) is 5.75 Å². The highest BCUT2D eigenvalue weighted by Gasteiger charge is 2.30. The van der Waals surface area contributed by atoms with E-state index in [1.807, 2.05) is 31.2 Å². The predicted octanol–water partition coefficient (Wildman–Crippen LogP) is 2.00. The van der Waals surface area contributed by atoms with Gasteiger partial charge in [-0.3, -0.25) is 0 Å². The molecule has 0 bridgehead atoms. The third-order valence-electron chi connectivity index (χ3n) is 2.58. The molecule has 3 heteroatoms. The molecule has 0 aliphatic carbocycles. The second-order valence-corrected chi connectivity index (χ2v) is 3.86. The quantitative estimate of drug-likeness (QED) is 0.760. The maximum absolute atomic E-state index is 5.55. The van der Waals surface area contributed by atoms with Crippen molar-refractivity contribution in [2.24, 2.45) is 0 Å². The number of ether oxygens (including phenoxy) is 3. The van der Waals surface area contributed by atoms with E-state index in [2.05, 4.69) is 0 Å². The van der Waals surface area contributed by atoms with Crippen molar-refractivity contribution in [3.05, 3.63) is 29.8 Å². The molecule has 2 rings (SSSR count). The highest BCUT2D eigenvalue weighted by Crippen LogP contribution is 2.24. The van der Waals surface area contributed by atoms with Crippen LogP contribution in [0.1, 0.15) is 12.5 Å². The average Bonchev–Trinajstić information content (AvgIpc) is 2.66. The van der Waals surface area contributed by atoms with Crippen LogP contribution in [0.3, 0.4) is 0 Å². The van der Waals surface area contributed by atoms with Gasteiger partial charge in [-0.2, -0.15) is 0 Å². The summed E-state index contributed by atoms with van der Waals surface area (Å²) in [6.07, 6.45) is 0.775. The van der Waals surface area contributed by atoms with E-state index in [9.17, 15) is 0 Å². The maximum atomic E-state index is 5.55. The van der Waals surface area contributed by atoms with Gasteiger partial charge in [0.1, 0.15) is 5.75 Å². The fraction of sp³-hybridized carbons (Fsp3) is 0.500. The molecule has 0 N–H and O–H groups in total. The normalized spacial score (nSPS) is 19.1. The Bertz CT molecular complexity index is 312. The van der Waals surface area contributed by atoms with Crippen molar-refractivity contribution >= 4 is 0 Å². The van der Waals surface area contributed by atoms with Crippen LogP contribution in [0.2, 0.25) is 0 Å². The minimum absolute atomic E-state index is 0.450. The van der Waals surface area contributed by atoms with Gasteiger partial charge in [-0.25, -0.2) is 0 Å². The Labute approximate surface area is 90.0 Å². The fourth-order valence-corrected chi connectivity index (χ4v) is 1.77. The molecule has 82 valence electrons. The third-order valence-corrected chi connectivity index (χ3v) is 2.58. The van der Waals surface area contributed by atoms with E-state index in [4.69, 9.17) is 14.2 Å². The van der Waals surface area contributed by atoms with E-state index in [1.165, 1.54) is 5.56 Å². The van der Waals surface area contributed by atoms with Gasteiger partial charge >= 0.3 is 0 Å². The van der Waals surface area contributed by atoms with Crippen LogP contribution in [-0.2, 0) is 15.9 Å². The Kier molecular flexibility index (Phi) is 2.93. The van der Waals surface area contributed by atoms with E-state index < -0.39 is 5.79 Å². The van der Waals surface area contributed by atoms with Gasteiger partial charge in [0.15, 0.2) is 5.79 Å². The van der Waals surface area contributed by atoms with Gasteiger partial charge in [0.05, 0.1) is 20.3 Å². The molecule has 0 saturated carbocycles. The fourth-order valence-electron chi connectivity index (χ4n) is 1.77. The Morgan fingerprint density at radius 3 is 2.33 bits per heavy atom. The molecule has 1 fully saturated rings. The molecule has 0 aromatic heterocycles. The molecule has 0 atom stereocenters. The van der Waals surface area contributed by atoms with Crippen molar-refractivity contribution < 1.29 is 14.2 Å². The lowest BCUT2D eigenvalue weighted by Gasteiger charge is -2.22. The van der Waals surface area contributed by atoms with Gasteiger partial charge in [0, 0.05) is 6.42 Å². The zero-order valence-electron chi connectivity index (χ0n) is 9.16. The molecule has 1 saturated heterocycles. The minimum Gasteiger partial charge on any atom is -0.497 e. The van der Waals surface area contributed by atoms with Gasteiger partial charge in [-0.05, 0) is 24.6 Å². The van der Waals surface area contributed by atoms with Crippen LogP contribution in [0.25, 0.3) is 0 Å². The van der Waals surface area contributed by atoms with E-state index in [0.29, 0.717) is 13.2 Å². The lowest BCUT2D eigenvalue weighted by atomic mass is 10.1. The number of hydrogen-bond acceptors (Lipinski definition) is 3. The molecule has 0 unspecified atom stereocenters. The maximum Gasteiger partial charge on any atom is 0.169 e. The number of hydrogen-bond donors (Lipinski definition) is 0. The van der Waals surface area contributed by atoms with Crippen molar-refractivity contribution in [1.82, 2.24) is 0 Å². The Hall–Kier alpha value is -1.06. The number of benzene rings is 1. The topological polar surface area (TPSA) is 27.7 Å². The monoisotopic (exact) mass is 208 g/mol. The highest BCUT2D eigenvalue weighted by molar-refractivity contribution is 5.27. The SMILES string of the molecule is COc1ccc(CC2(C)OCCO2)cc1. The van der Waals surface area contributed by atoms with Crippen LogP contribution in [0.4, 0.5) is 0 Å². The zero-order chi connectivity index (χ0) is 10.7. The van der Waals surface area contributed by atoms with Crippen molar-refractivity contribution in [2.45, 2.75) is 19.1 Å². The summed E-state index contributed by atoms with van der Waals surface area (Å²) in [6, 6.07) is 7.98. The van der Waals surface area contributed by atoms with Gasteiger partial charge in [0.2, 0.25) is 0 Å². The molecular weight excluding hydrogens is 192 g/mol. The smallest absolute Gasteiger partial charge is 0.169 e. The first-order valence-electron chi connectivity index (χ1n) is 5.13. The number of methoxy groups -OCH3 is 1.